The smallest absolute Gasteiger partial charge is 0.352 e. The molecule has 21 heteroatoms. The number of hydrogen-bond donors (Lipinski definition) is 5. The number of amides is 4. The van der Waals surface area contributed by atoms with Crippen LogP contribution in [0.5, 0.6) is 0 Å². The number of β-lactam (4-membered cyclic amide) rings is 1. The summed E-state index contributed by atoms with van der Waals surface area (Å²) in [5, 5.41) is 23.1. The predicted molar refractivity (Wildman–Crippen MR) is 130 cm³/mol. The molecule has 2 aliphatic heterocycles. The lowest BCUT2D eigenvalue weighted by Gasteiger charge is -2.56. The van der Waals surface area contributed by atoms with E-state index < -0.39 is 56.3 Å². The number of carbonyl (C=O) groups excluding carboxylic acids is 3. The fourth-order valence-corrected chi connectivity index (χ4v) is 7.23. The van der Waals surface area contributed by atoms with E-state index in [0.717, 1.165) is 44.9 Å². The van der Waals surface area contributed by atoms with Gasteiger partial charge in [0.15, 0.2) is 11.3 Å². The fraction of sp³-hybridized carbons (Fsp3) is 0.562. The molecule has 1 aromatic heterocycles. The number of carboxylic acids is 1. The van der Waals surface area contributed by atoms with Crippen molar-refractivity contribution in [1.82, 2.24) is 35.7 Å². The van der Waals surface area contributed by atoms with Crippen LogP contribution in [0, 0.1) is 0 Å². The van der Waals surface area contributed by atoms with Crippen LogP contribution in [0.3, 0.4) is 0 Å². The first-order valence-corrected chi connectivity index (χ1v) is 14.8. The summed E-state index contributed by atoms with van der Waals surface area (Å²) < 4.78 is 37.5. The Labute approximate surface area is 222 Å². The van der Waals surface area contributed by atoms with E-state index in [1.807, 2.05) is 0 Å². The van der Waals surface area contributed by atoms with Crippen LogP contribution in [0.15, 0.2) is 16.4 Å². The van der Waals surface area contributed by atoms with E-state index in [4.69, 9.17) is 15.0 Å². The minimum atomic E-state index is -4.43. The highest BCUT2D eigenvalue weighted by molar-refractivity contribution is 8.01. The summed E-state index contributed by atoms with van der Waals surface area (Å²) in [6.45, 7) is 1.75. The molecule has 0 radical (unpaired) electrons. The summed E-state index contributed by atoms with van der Waals surface area (Å²) in [5.41, 5.74) is 3.22. The number of urea groups is 1. The third-order valence-corrected chi connectivity index (χ3v) is 8.93. The first kappa shape index (κ1) is 29.0. The van der Waals surface area contributed by atoms with Crippen molar-refractivity contribution in [3.63, 3.8) is 0 Å². The van der Waals surface area contributed by atoms with Gasteiger partial charge in [-0.25, -0.2) is 14.3 Å². The molecule has 4 amide bonds. The van der Waals surface area contributed by atoms with Gasteiger partial charge in [0.25, 0.3) is 27.7 Å². The Hall–Kier alpha value is -2.59. The maximum Gasteiger partial charge on any atom is 0.352 e. The molecule has 1 unspecified atom stereocenters. The van der Waals surface area contributed by atoms with Crippen LogP contribution in [-0.2, 0) is 35.1 Å². The number of rotatable bonds is 12. The number of nitrogens with zero attached hydrogens (tertiary/aromatic N) is 5. The number of aliphatic carboxylic acids is 1. The van der Waals surface area contributed by atoms with Crippen molar-refractivity contribution in [1.29, 1.82) is 0 Å². The zero-order valence-electron chi connectivity index (χ0n) is 19.2. The topological polar surface area (TPSA) is 249 Å². The molecular weight excluding hydrogens is 576 g/mol. The Balaban J connectivity index is 1.82. The molecule has 0 spiro atoms. The Morgan fingerprint density at radius 2 is 2.11 bits per heavy atom. The standard InChI is InChI=1S/C16H22N8O9S4/c1-3-34-10(18-14(17)29)9(25)19-16(33-2)12(28)24-8(11(26)27)7(4-35-13(16)24)5-36-15-20-21-22-23(15)6-37(30,31)32/h10,13H,3-6H2,1-2H3,(H,19,25)(H,26,27)(H3,17,18,29)(H,30,31,32)/t10?,13-,16-/m0/s1. The maximum atomic E-state index is 13.2. The van der Waals surface area contributed by atoms with Crippen LogP contribution in [0.25, 0.3) is 0 Å². The quantitative estimate of drug-likeness (QED) is 0.0760. The van der Waals surface area contributed by atoms with Gasteiger partial charge in [0.2, 0.25) is 5.16 Å². The van der Waals surface area contributed by atoms with Crippen molar-refractivity contribution in [3.8, 4) is 0 Å². The number of ether oxygens (including phenoxy) is 1. The molecule has 17 nitrogen and oxygen atoms in total. The Bertz CT molecular complexity index is 1240. The highest BCUT2D eigenvalue weighted by Gasteiger charge is 2.66. The van der Waals surface area contributed by atoms with E-state index in [-0.39, 0.29) is 22.4 Å². The SMILES string of the molecule is CCSC(NC(N)=O)C(=O)N[C@]1(OC)C(=O)N2C(C(=O)O)=C(CSc3nnnn3CS(=O)(=O)O)CS[C@H]21. The number of aromatic nitrogens is 4. The van der Waals surface area contributed by atoms with Gasteiger partial charge in [-0.3, -0.25) is 19.0 Å². The molecule has 204 valence electrons. The van der Waals surface area contributed by atoms with Gasteiger partial charge < -0.3 is 26.2 Å². The van der Waals surface area contributed by atoms with E-state index in [1.165, 1.54) is 7.11 Å². The van der Waals surface area contributed by atoms with E-state index in [0.29, 0.717) is 11.3 Å². The van der Waals surface area contributed by atoms with Gasteiger partial charge in [-0.05, 0) is 21.8 Å². The molecule has 0 saturated carbocycles. The van der Waals surface area contributed by atoms with E-state index in [1.54, 1.807) is 6.92 Å². The normalized spacial score (nSPS) is 22.2. The molecule has 1 aromatic rings. The zero-order chi connectivity index (χ0) is 27.5. The second kappa shape index (κ2) is 11.4. The van der Waals surface area contributed by atoms with Crippen LogP contribution < -0.4 is 16.4 Å². The van der Waals surface area contributed by atoms with E-state index in [9.17, 15) is 32.7 Å². The van der Waals surface area contributed by atoms with Gasteiger partial charge in [-0.2, -0.15) is 8.42 Å². The van der Waals surface area contributed by atoms with Gasteiger partial charge in [0.1, 0.15) is 11.1 Å². The summed E-state index contributed by atoms with van der Waals surface area (Å²) in [5.74, 6) is -3.37. The molecule has 0 aromatic carbocycles. The number of methoxy groups -OCH3 is 1. The second-order valence-corrected chi connectivity index (χ2v) is 12.1. The van der Waals surface area contributed by atoms with E-state index >= 15 is 0 Å². The average Bonchev–Trinajstić information content (AvgIpc) is 3.24. The Kier molecular flexibility index (Phi) is 8.95. The van der Waals surface area contributed by atoms with Crippen LogP contribution >= 0.6 is 35.3 Å². The third kappa shape index (κ3) is 6.12. The first-order chi connectivity index (χ1) is 17.3. The van der Waals surface area contributed by atoms with Crippen LogP contribution in [0.4, 0.5) is 4.79 Å². The predicted octanol–water partition coefficient (Wildman–Crippen LogP) is -1.93. The van der Waals surface area contributed by atoms with Crippen LogP contribution in [0.1, 0.15) is 6.92 Å². The number of carboxylic acid groups (broad SMARTS) is 1. The molecule has 0 bridgehead atoms. The summed E-state index contributed by atoms with van der Waals surface area (Å²) >= 11 is 3.09. The largest absolute Gasteiger partial charge is 0.477 e. The summed E-state index contributed by atoms with van der Waals surface area (Å²) in [7, 11) is -3.25. The zero-order valence-corrected chi connectivity index (χ0v) is 22.4. The first-order valence-electron chi connectivity index (χ1n) is 10.1. The second-order valence-electron chi connectivity index (χ2n) is 7.33. The van der Waals surface area contributed by atoms with Gasteiger partial charge >= 0.3 is 12.0 Å². The fourth-order valence-electron chi connectivity index (χ4n) is 3.47. The van der Waals surface area contributed by atoms with Crippen molar-refractivity contribution in [3.05, 3.63) is 11.3 Å². The Morgan fingerprint density at radius 3 is 2.68 bits per heavy atom. The molecule has 0 aliphatic carbocycles. The van der Waals surface area contributed by atoms with Crippen molar-refractivity contribution in [2.24, 2.45) is 5.73 Å². The molecular formula is C16H22N8O9S4. The number of nitrogens with two attached hydrogens (primary N) is 1. The number of tetrazole rings is 1. The molecule has 37 heavy (non-hydrogen) atoms. The molecule has 3 rings (SSSR count). The van der Waals surface area contributed by atoms with Crippen molar-refractivity contribution in [2.45, 2.75) is 34.4 Å². The number of thioether (sulfide) groups is 3. The number of fused-ring (bicyclic) bond motifs is 1. The summed E-state index contributed by atoms with van der Waals surface area (Å²) in [4.78, 5) is 50.4. The summed E-state index contributed by atoms with van der Waals surface area (Å²) in [6.07, 6.45) is 0. The Morgan fingerprint density at radius 1 is 1.41 bits per heavy atom. The van der Waals surface area contributed by atoms with Gasteiger partial charge in [0, 0.05) is 18.6 Å². The third-order valence-electron chi connectivity index (χ3n) is 4.95. The van der Waals surface area contributed by atoms with Gasteiger partial charge in [-0.1, -0.05) is 18.7 Å². The lowest BCUT2D eigenvalue weighted by Crippen LogP contribution is -2.81. The molecule has 3 atom stereocenters. The van der Waals surface area contributed by atoms with Crippen LogP contribution in [-0.4, -0.2) is 108 Å². The number of carbonyl (C=O) groups is 4. The average molecular weight is 599 g/mol. The number of primary amides is 1. The summed E-state index contributed by atoms with van der Waals surface area (Å²) in [6, 6.07) is -0.943. The van der Waals surface area contributed by atoms with Crippen LogP contribution in [0.2, 0.25) is 0 Å². The molecule has 3 heterocycles. The lowest BCUT2D eigenvalue weighted by molar-refractivity contribution is -0.192. The molecule has 6 N–H and O–H groups in total. The van der Waals surface area contributed by atoms with Gasteiger partial charge in [0.05, 0.1) is 0 Å². The van der Waals surface area contributed by atoms with Crippen molar-refractivity contribution < 1.29 is 42.0 Å². The number of nitrogens with one attached hydrogen (secondary N) is 2. The molecule has 1 saturated heterocycles. The lowest BCUT2D eigenvalue weighted by atomic mass is 9.98. The minimum Gasteiger partial charge on any atom is -0.477 e. The van der Waals surface area contributed by atoms with Gasteiger partial charge in [-0.15, -0.1) is 28.6 Å². The molecule has 2 aliphatic rings. The number of hydrogen-bond acceptors (Lipinski definition) is 13. The maximum absolute atomic E-state index is 13.2. The minimum absolute atomic E-state index is 0.00292. The van der Waals surface area contributed by atoms with Crippen molar-refractivity contribution in [2.75, 3.05) is 24.4 Å². The highest BCUT2D eigenvalue weighted by atomic mass is 32.2. The van der Waals surface area contributed by atoms with Crippen molar-refractivity contribution >= 4 is 69.2 Å². The monoisotopic (exact) mass is 598 g/mol. The highest BCUT2D eigenvalue weighted by Crippen LogP contribution is 2.47. The molecule has 1 fully saturated rings. The van der Waals surface area contributed by atoms with E-state index in [2.05, 4.69) is 26.2 Å².